The summed E-state index contributed by atoms with van der Waals surface area (Å²) in [5, 5.41) is 0.500. The highest BCUT2D eigenvalue weighted by Gasteiger charge is 2.42. The Labute approximate surface area is 159 Å². The van der Waals surface area contributed by atoms with Crippen molar-refractivity contribution in [1.82, 2.24) is 9.71 Å². The molecule has 1 aromatic heterocycles. The van der Waals surface area contributed by atoms with Crippen LogP contribution in [0.15, 0.2) is 65.7 Å². The minimum Gasteiger partial charge on any atom is -0.255 e. The summed E-state index contributed by atoms with van der Waals surface area (Å²) >= 11 is 5.94. The fourth-order valence-electron chi connectivity index (χ4n) is 2.65. The molecule has 142 valence electrons. The summed E-state index contributed by atoms with van der Waals surface area (Å²) < 4.78 is 67.7. The molecule has 4 nitrogen and oxygen atoms in total. The molecule has 1 heterocycles. The van der Waals surface area contributed by atoms with Crippen LogP contribution in [0.3, 0.4) is 0 Å². The van der Waals surface area contributed by atoms with Gasteiger partial charge in [-0.05, 0) is 30.2 Å². The number of rotatable bonds is 5. The van der Waals surface area contributed by atoms with E-state index in [4.69, 9.17) is 11.6 Å². The molecule has 3 aromatic rings. The van der Waals surface area contributed by atoms with E-state index >= 15 is 0 Å². The number of nitrogens with one attached hydrogen (secondary N) is 1. The molecule has 0 bridgehead atoms. The lowest BCUT2D eigenvalue weighted by Gasteiger charge is -2.22. The minimum atomic E-state index is -4.77. The highest BCUT2D eigenvalue weighted by Crippen LogP contribution is 2.29. The van der Waals surface area contributed by atoms with Crippen molar-refractivity contribution in [1.29, 1.82) is 0 Å². The van der Waals surface area contributed by atoms with E-state index in [-0.39, 0.29) is 10.5 Å². The van der Waals surface area contributed by atoms with Gasteiger partial charge in [0.1, 0.15) is 10.9 Å². The van der Waals surface area contributed by atoms with E-state index in [0.717, 1.165) is 6.07 Å². The van der Waals surface area contributed by atoms with Gasteiger partial charge in [-0.3, -0.25) is 4.98 Å². The third kappa shape index (κ3) is 4.58. The first-order valence-electron chi connectivity index (χ1n) is 7.84. The van der Waals surface area contributed by atoms with Gasteiger partial charge < -0.3 is 0 Å². The molecule has 2 aromatic carbocycles. The van der Waals surface area contributed by atoms with Crippen molar-refractivity contribution in [3.63, 3.8) is 0 Å². The summed E-state index contributed by atoms with van der Waals surface area (Å²) in [5.41, 5.74) is 0.409. The van der Waals surface area contributed by atoms with Crippen molar-refractivity contribution in [3.8, 4) is 0 Å². The van der Waals surface area contributed by atoms with Crippen LogP contribution in [0.4, 0.5) is 13.2 Å². The smallest absolute Gasteiger partial charge is 0.255 e. The molecule has 0 aliphatic heterocycles. The molecule has 1 N–H and O–H groups in total. The molecule has 3 rings (SSSR count). The maximum Gasteiger partial charge on any atom is 0.405 e. The number of alkyl halides is 3. The molecule has 0 saturated carbocycles. The SMILES string of the molecule is O=S(=O)(NC(Cc1ccccc1)C(F)(F)F)c1cc(Cl)cc2cccnc12. The van der Waals surface area contributed by atoms with Crippen LogP contribution in [-0.4, -0.2) is 25.6 Å². The Morgan fingerprint density at radius 2 is 1.78 bits per heavy atom. The second-order valence-corrected chi connectivity index (χ2v) is 8.00. The second kappa shape index (κ2) is 7.46. The summed E-state index contributed by atoms with van der Waals surface area (Å²) in [6, 6.07) is 11.3. The molecule has 0 aliphatic rings. The van der Waals surface area contributed by atoms with E-state index in [0.29, 0.717) is 10.9 Å². The number of fused-ring (bicyclic) bond motifs is 1. The lowest BCUT2D eigenvalue weighted by Crippen LogP contribution is -2.46. The molecular weight excluding hydrogens is 401 g/mol. The number of hydrogen-bond donors (Lipinski definition) is 1. The molecule has 1 atom stereocenters. The highest BCUT2D eigenvalue weighted by atomic mass is 35.5. The van der Waals surface area contributed by atoms with Gasteiger partial charge in [-0.25, -0.2) is 8.42 Å². The predicted octanol–water partition coefficient (Wildman–Crippen LogP) is 4.34. The van der Waals surface area contributed by atoms with Crippen molar-refractivity contribution >= 4 is 32.5 Å². The van der Waals surface area contributed by atoms with E-state index < -0.39 is 33.6 Å². The molecule has 0 saturated heterocycles. The lowest BCUT2D eigenvalue weighted by molar-refractivity contribution is -0.150. The van der Waals surface area contributed by atoms with E-state index in [2.05, 4.69) is 4.98 Å². The Morgan fingerprint density at radius 1 is 1.07 bits per heavy atom. The highest BCUT2D eigenvalue weighted by molar-refractivity contribution is 7.89. The largest absolute Gasteiger partial charge is 0.405 e. The van der Waals surface area contributed by atoms with Crippen molar-refractivity contribution < 1.29 is 21.6 Å². The molecule has 27 heavy (non-hydrogen) atoms. The molecule has 0 spiro atoms. The zero-order chi connectivity index (χ0) is 19.7. The molecular formula is C18H14ClF3N2O2S. The first-order valence-corrected chi connectivity index (χ1v) is 9.70. The number of aromatic nitrogens is 1. The van der Waals surface area contributed by atoms with Crippen LogP contribution in [0, 0.1) is 0 Å². The third-order valence-corrected chi connectivity index (χ3v) is 5.60. The van der Waals surface area contributed by atoms with Crippen LogP contribution in [0.1, 0.15) is 5.56 Å². The van der Waals surface area contributed by atoms with Gasteiger partial charge in [0.25, 0.3) is 0 Å². The Morgan fingerprint density at radius 3 is 2.44 bits per heavy atom. The van der Waals surface area contributed by atoms with Gasteiger partial charge in [-0.2, -0.15) is 17.9 Å². The average molecular weight is 415 g/mol. The second-order valence-electron chi connectivity index (χ2n) is 5.88. The predicted molar refractivity (Wildman–Crippen MR) is 97.1 cm³/mol. The quantitative estimate of drug-likeness (QED) is 0.675. The topological polar surface area (TPSA) is 59.1 Å². The number of hydrogen-bond acceptors (Lipinski definition) is 3. The van der Waals surface area contributed by atoms with Gasteiger partial charge >= 0.3 is 6.18 Å². The van der Waals surface area contributed by atoms with Crippen LogP contribution in [0.2, 0.25) is 5.02 Å². The maximum absolute atomic E-state index is 13.5. The van der Waals surface area contributed by atoms with Crippen LogP contribution >= 0.6 is 11.6 Å². The Bertz CT molecular complexity index is 1060. The first-order chi connectivity index (χ1) is 12.7. The van der Waals surface area contributed by atoms with Crippen molar-refractivity contribution in [2.75, 3.05) is 0 Å². The van der Waals surface area contributed by atoms with Crippen LogP contribution in [0.5, 0.6) is 0 Å². The van der Waals surface area contributed by atoms with E-state index in [1.807, 2.05) is 0 Å². The number of sulfonamides is 1. The maximum atomic E-state index is 13.5. The molecule has 1 unspecified atom stereocenters. The summed E-state index contributed by atoms with van der Waals surface area (Å²) in [7, 11) is -4.53. The zero-order valence-electron chi connectivity index (χ0n) is 13.7. The van der Waals surface area contributed by atoms with Gasteiger partial charge in [0.15, 0.2) is 0 Å². The van der Waals surface area contributed by atoms with E-state index in [1.165, 1.54) is 24.4 Å². The molecule has 0 radical (unpaired) electrons. The van der Waals surface area contributed by atoms with Gasteiger partial charge in [0.2, 0.25) is 10.0 Å². The van der Waals surface area contributed by atoms with E-state index in [9.17, 15) is 21.6 Å². The standard InChI is InChI=1S/C18H14ClF3N2O2S/c19-14-10-13-7-4-8-23-17(13)15(11-14)27(25,26)24-16(18(20,21)22)9-12-5-2-1-3-6-12/h1-8,10-11,16,24H,9H2. The molecule has 0 fully saturated rings. The van der Waals surface area contributed by atoms with E-state index in [1.54, 1.807) is 35.1 Å². The summed E-state index contributed by atoms with van der Waals surface area (Å²) in [6.45, 7) is 0. The van der Waals surface area contributed by atoms with Crippen molar-refractivity contribution in [2.45, 2.75) is 23.5 Å². The average Bonchev–Trinajstić information content (AvgIpc) is 2.60. The molecule has 0 amide bonds. The van der Waals surface area contributed by atoms with Crippen LogP contribution in [0.25, 0.3) is 10.9 Å². The number of pyridine rings is 1. The van der Waals surface area contributed by atoms with Crippen molar-refractivity contribution in [3.05, 3.63) is 71.4 Å². The lowest BCUT2D eigenvalue weighted by atomic mass is 10.1. The van der Waals surface area contributed by atoms with Gasteiger partial charge in [0, 0.05) is 16.6 Å². The first kappa shape index (κ1) is 19.6. The fraction of sp³-hybridized carbons (Fsp3) is 0.167. The number of nitrogens with zero attached hydrogens (tertiary/aromatic N) is 1. The summed E-state index contributed by atoms with van der Waals surface area (Å²) in [5.74, 6) is 0. The normalized spacial score (nSPS) is 13.6. The Kier molecular flexibility index (Phi) is 5.41. The Hall–Kier alpha value is -2.16. The molecule has 9 heteroatoms. The van der Waals surface area contributed by atoms with Crippen LogP contribution in [-0.2, 0) is 16.4 Å². The Balaban J connectivity index is 2.01. The minimum absolute atomic E-state index is 0.0510. The van der Waals surface area contributed by atoms with Gasteiger partial charge in [-0.15, -0.1) is 0 Å². The number of benzene rings is 2. The van der Waals surface area contributed by atoms with Crippen molar-refractivity contribution in [2.24, 2.45) is 0 Å². The van der Waals surface area contributed by atoms with Crippen LogP contribution < -0.4 is 4.72 Å². The summed E-state index contributed by atoms with van der Waals surface area (Å²) in [6.07, 6.45) is -3.94. The molecule has 0 aliphatic carbocycles. The zero-order valence-corrected chi connectivity index (χ0v) is 15.3. The van der Waals surface area contributed by atoms with Gasteiger partial charge in [-0.1, -0.05) is 48.0 Å². The third-order valence-electron chi connectivity index (χ3n) is 3.90. The van der Waals surface area contributed by atoms with Gasteiger partial charge in [0.05, 0.1) is 5.52 Å². The fourth-order valence-corrected chi connectivity index (χ4v) is 4.37. The monoisotopic (exact) mass is 414 g/mol. The number of halogens is 4. The summed E-state index contributed by atoms with van der Waals surface area (Å²) in [4.78, 5) is 3.59.